The predicted octanol–water partition coefficient (Wildman–Crippen LogP) is 2.48. The van der Waals surface area contributed by atoms with Crippen molar-refractivity contribution in [2.75, 3.05) is 13.2 Å². The summed E-state index contributed by atoms with van der Waals surface area (Å²) in [5, 5.41) is 0. The summed E-state index contributed by atoms with van der Waals surface area (Å²) < 4.78 is 11.3. The summed E-state index contributed by atoms with van der Waals surface area (Å²) in [4.78, 5) is 0. The highest BCUT2D eigenvalue weighted by molar-refractivity contribution is 5.27. The third-order valence-corrected chi connectivity index (χ3v) is 3.06. The second kappa shape index (κ2) is 6.62. The van der Waals surface area contributed by atoms with Gasteiger partial charge in [0, 0.05) is 6.54 Å². The minimum atomic E-state index is 0.425. The normalized spacial score (nSPS) is 16.3. The van der Waals surface area contributed by atoms with Gasteiger partial charge in [-0.2, -0.15) is 0 Å². The van der Waals surface area contributed by atoms with Gasteiger partial charge in [-0.3, -0.25) is 0 Å². The number of ether oxygens (including phenoxy) is 2. The molecule has 0 unspecified atom stereocenters. The summed E-state index contributed by atoms with van der Waals surface area (Å²) in [7, 11) is 0. The lowest BCUT2D eigenvalue weighted by molar-refractivity contribution is 0.128. The van der Waals surface area contributed by atoms with E-state index in [0.717, 1.165) is 11.3 Å². The minimum Gasteiger partial charge on any atom is -0.490 e. The van der Waals surface area contributed by atoms with E-state index in [1.165, 1.54) is 25.7 Å². The zero-order chi connectivity index (χ0) is 11.9. The molecular weight excluding hydrogens is 214 g/mol. The van der Waals surface area contributed by atoms with E-state index in [9.17, 15) is 0 Å². The second-order valence-electron chi connectivity index (χ2n) is 4.51. The van der Waals surface area contributed by atoms with Crippen LogP contribution in [-0.4, -0.2) is 19.3 Å². The van der Waals surface area contributed by atoms with E-state index >= 15 is 0 Å². The lowest BCUT2D eigenvalue weighted by Gasteiger charge is -2.13. The van der Waals surface area contributed by atoms with Crippen molar-refractivity contribution in [2.45, 2.75) is 38.4 Å². The van der Waals surface area contributed by atoms with Crippen LogP contribution in [0.4, 0.5) is 0 Å². The van der Waals surface area contributed by atoms with E-state index < -0.39 is 0 Å². The Bertz CT molecular complexity index is 317. The van der Waals surface area contributed by atoms with Crippen molar-refractivity contribution >= 4 is 0 Å². The van der Waals surface area contributed by atoms with E-state index in [0.29, 0.717) is 25.9 Å². The maximum Gasteiger partial charge on any atom is 0.119 e. The van der Waals surface area contributed by atoms with Crippen molar-refractivity contribution in [2.24, 2.45) is 5.73 Å². The third-order valence-electron chi connectivity index (χ3n) is 3.06. The van der Waals surface area contributed by atoms with Gasteiger partial charge in [-0.15, -0.1) is 0 Å². The molecule has 0 radical (unpaired) electrons. The fourth-order valence-electron chi connectivity index (χ4n) is 2.14. The smallest absolute Gasteiger partial charge is 0.119 e. The zero-order valence-electron chi connectivity index (χ0n) is 10.2. The van der Waals surface area contributed by atoms with Gasteiger partial charge >= 0.3 is 0 Å². The Kier molecular flexibility index (Phi) is 4.83. The molecule has 3 heteroatoms. The van der Waals surface area contributed by atoms with E-state index in [1.807, 2.05) is 12.1 Å². The standard InChI is InChI=1S/C14H21NO2/c15-9-10-16-11-12-5-7-14(8-6-12)17-13-3-1-2-4-13/h5-8,13H,1-4,9-11,15H2. The van der Waals surface area contributed by atoms with Gasteiger partial charge in [0.05, 0.1) is 19.3 Å². The summed E-state index contributed by atoms with van der Waals surface area (Å²) in [6.07, 6.45) is 5.42. The lowest BCUT2D eigenvalue weighted by atomic mass is 10.2. The highest BCUT2D eigenvalue weighted by Gasteiger charge is 2.16. The molecule has 1 aliphatic carbocycles. The van der Waals surface area contributed by atoms with Crippen LogP contribution in [-0.2, 0) is 11.3 Å². The van der Waals surface area contributed by atoms with E-state index in [-0.39, 0.29) is 0 Å². The first-order chi connectivity index (χ1) is 8.38. The molecule has 0 heterocycles. The van der Waals surface area contributed by atoms with Crippen LogP contribution in [0, 0.1) is 0 Å². The minimum absolute atomic E-state index is 0.425. The van der Waals surface area contributed by atoms with Gasteiger partial charge in [-0.1, -0.05) is 12.1 Å². The van der Waals surface area contributed by atoms with Crippen LogP contribution in [0.2, 0.25) is 0 Å². The fraction of sp³-hybridized carbons (Fsp3) is 0.571. The number of hydrogen-bond acceptors (Lipinski definition) is 3. The Hall–Kier alpha value is -1.06. The number of rotatable bonds is 6. The van der Waals surface area contributed by atoms with Crippen LogP contribution in [0.25, 0.3) is 0 Å². The maximum atomic E-state index is 5.90. The maximum absolute atomic E-state index is 5.90. The van der Waals surface area contributed by atoms with Crippen LogP contribution in [0.3, 0.4) is 0 Å². The van der Waals surface area contributed by atoms with Crippen LogP contribution in [0.1, 0.15) is 31.2 Å². The van der Waals surface area contributed by atoms with Crippen LogP contribution in [0.5, 0.6) is 5.75 Å². The highest BCUT2D eigenvalue weighted by Crippen LogP contribution is 2.24. The quantitative estimate of drug-likeness (QED) is 0.770. The molecule has 0 atom stereocenters. The SMILES string of the molecule is NCCOCc1ccc(OC2CCCC2)cc1. The molecule has 3 nitrogen and oxygen atoms in total. The van der Waals surface area contributed by atoms with Crippen molar-refractivity contribution in [3.8, 4) is 5.75 Å². The highest BCUT2D eigenvalue weighted by atomic mass is 16.5. The molecule has 2 rings (SSSR count). The van der Waals surface area contributed by atoms with Crippen molar-refractivity contribution in [3.05, 3.63) is 29.8 Å². The van der Waals surface area contributed by atoms with Crippen LogP contribution in [0.15, 0.2) is 24.3 Å². The Morgan fingerprint density at radius 1 is 1.12 bits per heavy atom. The number of nitrogens with two attached hydrogens (primary N) is 1. The summed E-state index contributed by atoms with van der Waals surface area (Å²) in [6, 6.07) is 8.17. The summed E-state index contributed by atoms with van der Waals surface area (Å²) in [6.45, 7) is 1.81. The Morgan fingerprint density at radius 3 is 2.47 bits per heavy atom. The van der Waals surface area contributed by atoms with Gasteiger partial charge in [0.25, 0.3) is 0 Å². The molecular formula is C14H21NO2. The van der Waals surface area contributed by atoms with Crippen LogP contribution >= 0.6 is 0 Å². The molecule has 1 fully saturated rings. The topological polar surface area (TPSA) is 44.5 Å². The van der Waals surface area contributed by atoms with Gasteiger partial charge in [0.2, 0.25) is 0 Å². The van der Waals surface area contributed by atoms with Gasteiger partial charge < -0.3 is 15.2 Å². The predicted molar refractivity (Wildman–Crippen MR) is 68.0 cm³/mol. The summed E-state index contributed by atoms with van der Waals surface area (Å²) >= 11 is 0. The first-order valence-electron chi connectivity index (χ1n) is 6.42. The molecule has 0 amide bonds. The van der Waals surface area contributed by atoms with E-state index in [1.54, 1.807) is 0 Å². The van der Waals surface area contributed by atoms with Gasteiger partial charge in [0.1, 0.15) is 5.75 Å². The first-order valence-corrected chi connectivity index (χ1v) is 6.42. The Labute approximate surface area is 103 Å². The van der Waals surface area contributed by atoms with Crippen molar-refractivity contribution in [3.63, 3.8) is 0 Å². The van der Waals surface area contributed by atoms with Gasteiger partial charge in [-0.05, 0) is 43.4 Å². The molecule has 0 spiro atoms. The first kappa shape index (κ1) is 12.4. The molecule has 2 N–H and O–H groups in total. The van der Waals surface area contributed by atoms with Crippen LogP contribution < -0.4 is 10.5 Å². The number of hydrogen-bond donors (Lipinski definition) is 1. The Morgan fingerprint density at radius 2 is 1.82 bits per heavy atom. The molecule has 0 saturated heterocycles. The molecule has 1 aromatic rings. The van der Waals surface area contributed by atoms with E-state index in [2.05, 4.69) is 12.1 Å². The molecule has 0 aromatic heterocycles. The molecule has 0 bridgehead atoms. The van der Waals surface area contributed by atoms with E-state index in [4.69, 9.17) is 15.2 Å². The molecule has 0 aliphatic heterocycles. The Balaban J connectivity index is 1.80. The molecule has 1 aromatic carbocycles. The van der Waals surface area contributed by atoms with Crippen molar-refractivity contribution < 1.29 is 9.47 Å². The summed E-state index contributed by atoms with van der Waals surface area (Å²) in [5.74, 6) is 0.972. The van der Waals surface area contributed by atoms with Crippen molar-refractivity contribution in [1.82, 2.24) is 0 Å². The second-order valence-corrected chi connectivity index (χ2v) is 4.51. The van der Waals surface area contributed by atoms with Gasteiger partial charge in [-0.25, -0.2) is 0 Å². The molecule has 1 saturated carbocycles. The number of benzene rings is 1. The molecule has 1 aliphatic rings. The third kappa shape index (κ3) is 4.02. The van der Waals surface area contributed by atoms with Crippen molar-refractivity contribution in [1.29, 1.82) is 0 Å². The lowest BCUT2D eigenvalue weighted by Crippen LogP contribution is -2.10. The average Bonchev–Trinajstić information content (AvgIpc) is 2.85. The molecule has 94 valence electrons. The largest absolute Gasteiger partial charge is 0.490 e. The summed E-state index contributed by atoms with van der Waals surface area (Å²) in [5.41, 5.74) is 6.53. The average molecular weight is 235 g/mol. The zero-order valence-corrected chi connectivity index (χ0v) is 10.2. The fourth-order valence-corrected chi connectivity index (χ4v) is 2.14. The molecule has 17 heavy (non-hydrogen) atoms. The monoisotopic (exact) mass is 235 g/mol. The van der Waals surface area contributed by atoms with Gasteiger partial charge in [0.15, 0.2) is 0 Å².